The van der Waals surface area contributed by atoms with Gasteiger partial charge in [0.15, 0.2) is 34.7 Å². The van der Waals surface area contributed by atoms with Crippen LogP contribution >= 0.6 is 0 Å². The largest absolute Gasteiger partial charge is 0.514 e. The maximum atomic E-state index is 14.0. The molecule has 0 amide bonds. The summed E-state index contributed by atoms with van der Waals surface area (Å²) in [6.07, 6.45) is 3.18. The molecule has 150 heavy (non-hydrogen) atoms. The van der Waals surface area contributed by atoms with E-state index in [0.717, 1.165) is 67.6 Å². The van der Waals surface area contributed by atoms with Crippen molar-refractivity contribution < 1.29 is 143 Å². The fourth-order valence-electron chi connectivity index (χ4n) is 14.4. The molecule has 4 bridgehead atoms. The van der Waals surface area contributed by atoms with Crippen LogP contribution in [0.4, 0.5) is 70.7 Å². The van der Waals surface area contributed by atoms with Crippen molar-refractivity contribution in [1.82, 2.24) is 0 Å². The van der Waals surface area contributed by atoms with Gasteiger partial charge in [-0.15, -0.1) is 0 Å². The molecule has 0 radical (unpaired) electrons. The van der Waals surface area contributed by atoms with E-state index < -0.39 is 98.5 Å². The Balaban J connectivity index is -0.000000224. The number of aryl methyl sites for hydroxylation is 2. The van der Waals surface area contributed by atoms with Gasteiger partial charge in [-0.1, -0.05) is 231 Å². The summed E-state index contributed by atoms with van der Waals surface area (Å²) in [5.74, 6) is -3.80. The number of hydrogen-bond acceptors (Lipinski definition) is 17. The Kier molecular flexibility index (Phi) is 67.3. The number of nitrogens with zero attached hydrogens (tertiary/aromatic N) is 1. The first kappa shape index (κ1) is 159. The number of carbonyl (C=O) groups excluding carboxylic acids is 4. The Morgan fingerprint density at radius 2 is 0.747 bits per heavy atom. The molecular weight excluding hydrogens is 2060 g/mol. The molecule has 0 aliphatic heterocycles. The minimum absolute atomic E-state index is 0. The average Bonchev–Trinajstić information content (AvgIpc) is 0.704. The van der Waals surface area contributed by atoms with Crippen molar-refractivity contribution in [1.29, 1.82) is 0 Å². The number of phenols is 1. The lowest BCUT2D eigenvalue weighted by Gasteiger charge is -2.61. The number of benzene rings is 7. The molecule has 868 valence electrons. The maximum Gasteiger partial charge on any atom is 0.514 e. The molecule has 0 saturated heterocycles. The monoisotopic (exact) mass is 2240 g/mol. The second-order valence-corrected chi connectivity index (χ2v) is 45.7. The molecule has 4 saturated carbocycles. The summed E-state index contributed by atoms with van der Waals surface area (Å²) in [5.41, 5.74) is -7.10. The van der Waals surface area contributed by atoms with Gasteiger partial charge in [-0.3, -0.25) is 14.4 Å². The van der Waals surface area contributed by atoms with Gasteiger partial charge in [0.25, 0.3) is 0 Å². The first-order valence-corrected chi connectivity index (χ1v) is 50.7. The molecule has 0 aromatic heterocycles. The molecule has 4 unspecified atom stereocenters. The highest BCUT2D eigenvalue weighted by Gasteiger charge is 2.82. The minimum Gasteiger partial charge on any atom is -0.508 e. The van der Waals surface area contributed by atoms with Crippen molar-refractivity contribution in [2.75, 3.05) is 0 Å². The second kappa shape index (κ2) is 63.7. The molecule has 4 aliphatic rings. The lowest BCUT2D eigenvalue weighted by Crippen LogP contribution is -2.61. The highest BCUT2D eigenvalue weighted by Crippen LogP contribution is 2.65. The molecule has 7 aromatic rings. The van der Waals surface area contributed by atoms with Crippen LogP contribution in [0, 0.1) is 53.8 Å². The Hall–Kier alpha value is -9.07. The van der Waals surface area contributed by atoms with Crippen LogP contribution in [0.15, 0.2) is 185 Å². The van der Waals surface area contributed by atoms with Crippen LogP contribution < -0.4 is 13.7 Å². The van der Waals surface area contributed by atoms with Crippen molar-refractivity contribution in [3.8, 4) is 23.0 Å². The molecule has 11 rings (SSSR count). The number of aromatic hydroxyl groups is 1. The van der Waals surface area contributed by atoms with Crippen LogP contribution in [0.3, 0.4) is 0 Å². The van der Waals surface area contributed by atoms with Crippen molar-refractivity contribution in [3.63, 3.8) is 0 Å². The summed E-state index contributed by atoms with van der Waals surface area (Å²) in [7, 11) is -22.8. The molecule has 0 spiro atoms. The fourth-order valence-corrected chi connectivity index (χ4v) is 19.6. The van der Waals surface area contributed by atoms with Gasteiger partial charge in [0.1, 0.15) is 39.8 Å². The molecule has 18 nitrogen and oxygen atoms in total. The van der Waals surface area contributed by atoms with Crippen molar-refractivity contribution in [2.24, 2.45) is 39.9 Å². The van der Waals surface area contributed by atoms with Gasteiger partial charge < -0.3 is 37.1 Å². The summed E-state index contributed by atoms with van der Waals surface area (Å²) >= 11 is 0. The third-order valence-electron chi connectivity index (χ3n) is 24.1. The first-order valence-electron chi connectivity index (χ1n) is 45.2. The van der Waals surface area contributed by atoms with Crippen molar-refractivity contribution in [2.45, 2.75) is 416 Å². The number of hydrogen-bond donors (Lipinski definition) is 1. The topological polar surface area (TPSA) is 260 Å². The number of ether oxygens (including phenoxy) is 5. The summed E-state index contributed by atoms with van der Waals surface area (Å²) in [6, 6.07) is 47.3. The van der Waals surface area contributed by atoms with E-state index in [1.165, 1.54) is 71.3 Å². The molecule has 4 fully saturated rings. The van der Waals surface area contributed by atoms with Crippen molar-refractivity contribution >= 4 is 65.1 Å². The molecule has 4 atom stereocenters. The molecule has 4 aliphatic carbocycles. The fraction of sp³-hybridized carbons (Fsp3) is 0.593. The number of phenolic OH excluding ortho intramolecular Hbond substituents is 1. The van der Waals surface area contributed by atoms with Crippen molar-refractivity contribution in [3.05, 3.63) is 213 Å². The Morgan fingerprint density at radius 3 is 1.09 bits per heavy atom. The first-order chi connectivity index (χ1) is 63.0. The van der Waals surface area contributed by atoms with Gasteiger partial charge in [0.2, 0.25) is 0 Å². The average molecular weight is 2240 g/mol. The standard InChI is InChI=1S/C24H25O2S.C19H32O2.C15H22O3.C14H13F9NO7S3.C11H16O.C9H6F6.C9H18O2.12CH4/c1-4-24(2,3)23(25)26-19-15-17-22(18-16-19)27(20-11-7-5-8-12-20)21-13-9-6-10-14-21;1-6-17(2,3)16(20)21-18(4,5)19-10-13-7-14(11-19)9-15(8-13)12-19;1-6-11(2)12-7-9-13(10-8-12)17-14(16)18-15(3,4)5;1-3-8(2)9-4-6-10(7-5-9)31-34(29,30)13(19,20)11(15,16)12(17,18)32(25,26)24-33(27,28)14(21,22)23;1-4-8(2)10-5-6-11(12)9(3)7-10;1-5-2-6(8(10,11)12)4-7(3-5)9(13,14)15;1-6-7(2)8(10)11-9(3,4)5;;;;;;;;;;;;/h5-18H,4H2,1-3H3;13-15H,6-12H2,1-5H3;7-11H,6H2,1-5H3;4-8H,3H2,1-2H3;5-8,12H,4H2,1-3H3;2-4H,1H3;7H,6H2,1-5H3;12*1H4/q+1;;;-1;;;;;;;;;;;;;;;. The summed E-state index contributed by atoms with van der Waals surface area (Å²) in [6.45, 7) is 46.4. The van der Waals surface area contributed by atoms with E-state index >= 15 is 0 Å². The Morgan fingerprint density at radius 1 is 0.407 bits per heavy atom. The van der Waals surface area contributed by atoms with Crippen LogP contribution in [0.5, 0.6) is 23.0 Å². The van der Waals surface area contributed by atoms with E-state index in [1.807, 2.05) is 119 Å². The van der Waals surface area contributed by atoms with Gasteiger partial charge in [0.05, 0.1) is 38.8 Å². The Bertz CT molecular complexity index is 5350. The van der Waals surface area contributed by atoms with Gasteiger partial charge in [-0.2, -0.15) is 74.3 Å². The van der Waals surface area contributed by atoms with Crippen LogP contribution in [0.2, 0.25) is 0 Å². The molecule has 7 aromatic carbocycles. The quantitative estimate of drug-likeness (QED) is 0.00954. The SMILES string of the molecule is C.C.C.C.C.C.C.C.C.C.C.C.CCC(C)(C)C(=O)OC(C)(C)C12CC3CC(CC(C3)C1)C2.CCC(C)(C)C(=O)Oc1ccc([S+](c2ccccc2)c2ccccc2)cc1.CCC(C)C(=O)OC(C)(C)C.CCC(C)c1ccc(O)c(C)c1.CCC(C)c1ccc(OC(=O)OC(C)(C)C)cc1.CCC(C)c1ccc(OS(=O)(=O)C(F)(F)C(F)(F)C(F)(F)S(=O)(=O)[N-]S(=O)(=O)C(F)(F)F)cc1.Cc1cc(C(F)(F)F)cc(C(F)(F)F)c1. The summed E-state index contributed by atoms with van der Waals surface area (Å²) < 4.78 is 291. The number of carbonyl (C=O) groups is 4. The lowest BCUT2D eigenvalue weighted by atomic mass is 9.46. The number of alkyl halides is 15. The third kappa shape index (κ3) is 44.8. The smallest absolute Gasteiger partial charge is 0.508 e. The predicted molar refractivity (Wildman–Crippen MR) is 584 cm³/mol. The number of rotatable bonds is 27. The number of sulfonamides is 2. The van der Waals surface area contributed by atoms with E-state index in [0.29, 0.717) is 69.5 Å². The normalized spacial score (nSPS) is 16.0. The lowest BCUT2D eigenvalue weighted by molar-refractivity contribution is -0.245. The van der Waals surface area contributed by atoms with Crippen LogP contribution in [0.25, 0.3) is 4.13 Å². The number of esters is 3. The summed E-state index contributed by atoms with van der Waals surface area (Å²) in [4.78, 5) is 51.2. The van der Waals surface area contributed by atoms with Gasteiger partial charge in [-0.05, 0) is 334 Å². The summed E-state index contributed by atoms with van der Waals surface area (Å²) in [5, 5.41) is -5.30. The predicted octanol–water partition coefficient (Wildman–Crippen LogP) is 37.1. The maximum absolute atomic E-state index is 14.0. The molecule has 37 heteroatoms. The third-order valence-corrected chi connectivity index (χ3v) is 30.7. The zero-order valence-corrected chi connectivity index (χ0v) is 85.7. The van der Waals surface area contributed by atoms with E-state index in [-0.39, 0.29) is 163 Å². The molecular formula is C113H180F15NO17S4. The van der Waals surface area contributed by atoms with E-state index in [2.05, 4.69) is 119 Å². The van der Waals surface area contributed by atoms with E-state index in [9.17, 15) is 115 Å². The minimum atomic E-state index is -7.96. The number of halogens is 15. The highest BCUT2D eigenvalue weighted by atomic mass is 32.3. The van der Waals surface area contributed by atoms with Crippen LogP contribution in [0.1, 0.15) is 375 Å². The van der Waals surface area contributed by atoms with Gasteiger partial charge in [0, 0.05) is 5.41 Å². The molecule has 1 N–H and O–H groups in total. The zero-order chi connectivity index (χ0) is 106. The van der Waals surface area contributed by atoms with E-state index in [1.54, 1.807) is 52.8 Å². The Labute approximate surface area is 894 Å². The zero-order valence-electron chi connectivity index (χ0n) is 82.4. The van der Waals surface area contributed by atoms with Crippen LogP contribution in [-0.4, -0.2) is 93.2 Å². The van der Waals surface area contributed by atoms with Gasteiger partial charge in [-0.25, -0.2) is 21.6 Å². The second-order valence-electron chi connectivity index (χ2n) is 38.6. The van der Waals surface area contributed by atoms with Gasteiger partial charge >= 0.3 is 68.5 Å². The highest BCUT2D eigenvalue weighted by molar-refractivity contribution is 8.13. The van der Waals surface area contributed by atoms with E-state index in [4.69, 9.17) is 23.7 Å². The molecule has 0 heterocycles. The van der Waals surface area contributed by atoms with Crippen LogP contribution in [-0.2, 0) is 82.0 Å².